The van der Waals surface area contributed by atoms with Gasteiger partial charge in [0.2, 0.25) is 10.0 Å². The van der Waals surface area contributed by atoms with Crippen LogP contribution in [-0.4, -0.2) is 39.0 Å². The third-order valence-corrected chi connectivity index (χ3v) is 4.29. The van der Waals surface area contributed by atoms with E-state index in [-0.39, 0.29) is 22.9 Å². The second-order valence-electron chi connectivity index (χ2n) is 3.34. The van der Waals surface area contributed by atoms with Crippen LogP contribution in [0.1, 0.15) is 15.2 Å². The van der Waals surface area contributed by atoms with Gasteiger partial charge < -0.3 is 9.84 Å². The molecule has 1 rings (SSSR count). The lowest BCUT2D eigenvalue weighted by Crippen LogP contribution is -2.20. The number of thiophene rings is 1. The van der Waals surface area contributed by atoms with Crippen LogP contribution in [0.15, 0.2) is 5.38 Å². The number of nitrogens with one attached hydrogen (secondary N) is 1. The number of carboxylic acid groups (broad SMARTS) is 1. The summed E-state index contributed by atoms with van der Waals surface area (Å²) in [5.74, 6) is -1.36. The normalized spacial score (nSPS) is 11.4. The van der Waals surface area contributed by atoms with Gasteiger partial charge >= 0.3 is 5.97 Å². The Balaban J connectivity index is 2.95. The van der Waals surface area contributed by atoms with Gasteiger partial charge in [-0.05, 0) is 17.9 Å². The van der Waals surface area contributed by atoms with Crippen LogP contribution < -0.4 is 4.72 Å². The first-order valence-electron chi connectivity index (χ1n) is 4.68. The largest absolute Gasteiger partial charge is 0.477 e. The molecule has 17 heavy (non-hydrogen) atoms. The SMILES string of the molecule is COCCS(=O)(=O)Nc1c(C)csc1C(=O)O. The van der Waals surface area contributed by atoms with E-state index in [1.54, 1.807) is 12.3 Å². The number of anilines is 1. The second-order valence-corrected chi connectivity index (χ2v) is 6.06. The number of hydrogen-bond acceptors (Lipinski definition) is 5. The smallest absolute Gasteiger partial charge is 0.348 e. The van der Waals surface area contributed by atoms with E-state index < -0.39 is 16.0 Å². The molecule has 0 amide bonds. The van der Waals surface area contributed by atoms with Crippen LogP contribution in [0, 0.1) is 6.92 Å². The number of hydrogen-bond donors (Lipinski definition) is 2. The minimum absolute atomic E-state index is 0.0107. The van der Waals surface area contributed by atoms with Gasteiger partial charge in [-0.15, -0.1) is 11.3 Å². The molecule has 0 aliphatic heterocycles. The zero-order chi connectivity index (χ0) is 13.1. The van der Waals surface area contributed by atoms with Gasteiger partial charge in [0.05, 0.1) is 18.0 Å². The van der Waals surface area contributed by atoms with Crippen molar-refractivity contribution >= 4 is 33.0 Å². The molecule has 0 aromatic carbocycles. The predicted octanol–water partition coefficient (Wildman–Crippen LogP) is 1.14. The number of carboxylic acids is 1. The maximum Gasteiger partial charge on any atom is 0.348 e. The molecule has 0 radical (unpaired) electrons. The van der Waals surface area contributed by atoms with E-state index in [2.05, 4.69) is 9.46 Å². The number of carbonyl (C=O) groups is 1. The van der Waals surface area contributed by atoms with Gasteiger partial charge in [-0.1, -0.05) is 0 Å². The van der Waals surface area contributed by atoms with Crippen LogP contribution in [0.25, 0.3) is 0 Å². The maximum atomic E-state index is 11.6. The number of rotatable bonds is 6. The highest BCUT2D eigenvalue weighted by Crippen LogP contribution is 2.28. The molecule has 0 saturated carbocycles. The lowest BCUT2D eigenvalue weighted by atomic mass is 10.3. The van der Waals surface area contributed by atoms with E-state index in [4.69, 9.17) is 5.11 Å². The lowest BCUT2D eigenvalue weighted by Gasteiger charge is -2.08. The summed E-state index contributed by atoms with van der Waals surface area (Å²) in [7, 11) is -2.18. The molecule has 96 valence electrons. The maximum absolute atomic E-state index is 11.6. The summed E-state index contributed by atoms with van der Waals surface area (Å²) >= 11 is 0.991. The number of aryl methyl sites for hydroxylation is 1. The van der Waals surface area contributed by atoms with Crippen molar-refractivity contribution in [1.82, 2.24) is 0 Å². The minimum Gasteiger partial charge on any atom is -0.477 e. The quantitative estimate of drug-likeness (QED) is 0.814. The molecule has 0 atom stereocenters. The Hall–Kier alpha value is -1.12. The molecule has 1 aromatic rings. The zero-order valence-corrected chi connectivity index (χ0v) is 11.0. The van der Waals surface area contributed by atoms with Crippen molar-refractivity contribution in [2.24, 2.45) is 0 Å². The topological polar surface area (TPSA) is 92.7 Å². The molecule has 6 nitrogen and oxygen atoms in total. The Kier molecular flexibility index (Phi) is 4.49. The van der Waals surface area contributed by atoms with E-state index in [9.17, 15) is 13.2 Å². The molecule has 1 heterocycles. The van der Waals surface area contributed by atoms with Crippen LogP contribution in [-0.2, 0) is 14.8 Å². The summed E-state index contributed by atoms with van der Waals surface area (Å²) in [4.78, 5) is 10.9. The Morgan fingerprint density at radius 1 is 1.59 bits per heavy atom. The van der Waals surface area contributed by atoms with Gasteiger partial charge in [0, 0.05) is 7.11 Å². The molecule has 1 aromatic heterocycles. The molecule has 0 fully saturated rings. The molecule has 8 heteroatoms. The number of methoxy groups -OCH3 is 1. The van der Waals surface area contributed by atoms with Crippen molar-refractivity contribution < 1.29 is 23.1 Å². The van der Waals surface area contributed by atoms with Crippen LogP contribution in [0.5, 0.6) is 0 Å². The Labute approximate surface area is 103 Å². The molecular formula is C9H13NO5S2. The minimum atomic E-state index is -3.58. The van der Waals surface area contributed by atoms with Gasteiger partial charge in [-0.25, -0.2) is 13.2 Å². The van der Waals surface area contributed by atoms with Crippen molar-refractivity contribution in [2.45, 2.75) is 6.92 Å². The molecule has 0 spiro atoms. The highest BCUT2D eigenvalue weighted by molar-refractivity contribution is 7.92. The molecule has 0 bridgehead atoms. The van der Waals surface area contributed by atoms with E-state index in [1.807, 2.05) is 0 Å². The first kappa shape index (κ1) is 13.9. The fourth-order valence-corrected chi connectivity index (χ4v) is 3.10. The number of ether oxygens (including phenoxy) is 1. The monoisotopic (exact) mass is 279 g/mol. The summed E-state index contributed by atoms with van der Waals surface area (Å²) in [5.41, 5.74) is 0.729. The fraction of sp³-hybridized carbons (Fsp3) is 0.444. The molecule has 0 saturated heterocycles. The summed E-state index contributed by atoms with van der Waals surface area (Å²) in [5, 5.41) is 10.5. The molecule has 0 aliphatic carbocycles. The van der Waals surface area contributed by atoms with Crippen molar-refractivity contribution in [1.29, 1.82) is 0 Å². The van der Waals surface area contributed by atoms with Crippen LogP contribution in [0.4, 0.5) is 5.69 Å². The summed E-state index contributed by atoms with van der Waals surface area (Å²) in [6.45, 7) is 1.71. The third-order valence-electron chi connectivity index (χ3n) is 1.98. The van der Waals surface area contributed by atoms with E-state index >= 15 is 0 Å². The molecule has 2 N–H and O–H groups in total. The van der Waals surface area contributed by atoms with Gasteiger partial charge in [-0.2, -0.15) is 0 Å². The molecule has 0 unspecified atom stereocenters. The van der Waals surface area contributed by atoms with E-state index in [0.29, 0.717) is 5.56 Å². The van der Waals surface area contributed by atoms with Crippen LogP contribution in [0.2, 0.25) is 0 Å². The van der Waals surface area contributed by atoms with Crippen molar-refractivity contribution in [2.75, 3.05) is 24.2 Å². The van der Waals surface area contributed by atoms with Crippen LogP contribution in [0.3, 0.4) is 0 Å². The Bertz CT molecular complexity index is 505. The summed E-state index contributed by atoms with van der Waals surface area (Å²) in [6.07, 6.45) is 0. The first-order valence-corrected chi connectivity index (χ1v) is 7.21. The Morgan fingerprint density at radius 3 is 2.76 bits per heavy atom. The highest BCUT2D eigenvalue weighted by atomic mass is 32.2. The zero-order valence-electron chi connectivity index (χ0n) is 9.39. The van der Waals surface area contributed by atoms with Gasteiger partial charge in [0.15, 0.2) is 0 Å². The van der Waals surface area contributed by atoms with E-state index in [0.717, 1.165) is 11.3 Å². The van der Waals surface area contributed by atoms with Crippen molar-refractivity contribution in [3.63, 3.8) is 0 Å². The predicted molar refractivity (Wildman–Crippen MR) is 65.3 cm³/mol. The fourth-order valence-electron chi connectivity index (χ4n) is 1.13. The lowest BCUT2D eigenvalue weighted by molar-refractivity contribution is 0.0703. The first-order chi connectivity index (χ1) is 7.87. The second kappa shape index (κ2) is 5.48. The van der Waals surface area contributed by atoms with Crippen molar-refractivity contribution in [3.8, 4) is 0 Å². The average Bonchev–Trinajstić information content (AvgIpc) is 2.57. The third kappa shape index (κ3) is 3.69. The number of aromatic carboxylic acids is 1. The highest BCUT2D eigenvalue weighted by Gasteiger charge is 2.20. The van der Waals surface area contributed by atoms with Gasteiger partial charge in [0.25, 0.3) is 0 Å². The van der Waals surface area contributed by atoms with Gasteiger partial charge in [0.1, 0.15) is 4.88 Å². The van der Waals surface area contributed by atoms with Crippen LogP contribution >= 0.6 is 11.3 Å². The van der Waals surface area contributed by atoms with E-state index in [1.165, 1.54) is 7.11 Å². The molecular weight excluding hydrogens is 266 g/mol. The number of sulfonamides is 1. The summed E-state index contributed by atoms with van der Waals surface area (Å²) in [6, 6.07) is 0. The average molecular weight is 279 g/mol. The van der Waals surface area contributed by atoms with Gasteiger partial charge in [-0.3, -0.25) is 4.72 Å². The standard InChI is InChI=1S/C9H13NO5S2/c1-6-5-16-8(9(11)12)7(6)10-17(13,14)4-3-15-2/h5,10H,3-4H2,1-2H3,(H,11,12). The summed E-state index contributed by atoms with van der Waals surface area (Å²) < 4.78 is 30.2. The molecule has 0 aliphatic rings. The Morgan fingerprint density at radius 2 is 2.24 bits per heavy atom. The van der Waals surface area contributed by atoms with Crippen molar-refractivity contribution in [3.05, 3.63) is 15.8 Å².